The number of benzene rings is 1. The molecule has 1 aliphatic heterocycles. The van der Waals surface area contributed by atoms with Crippen LogP contribution in [0.15, 0.2) is 12.1 Å². The molecule has 1 heterocycles. The zero-order chi connectivity index (χ0) is 19.4. The van der Waals surface area contributed by atoms with Gasteiger partial charge in [-0.05, 0) is 50.5 Å². The average Bonchev–Trinajstić information content (AvgIpc) is 2.61. The Labute approximate surface area is 156 Å². The fourth-order valence-corrected chi connectivity index (χ4v) is 3.23. The summed E-state index contributed by atoms with van der Waals surface area (Å²) in [5.74, 6) is 0.798. The third-order valence-corrected chi connectivity index (χ3v) is 5.42. The molecule has 1 N–H and O–H groups in total. The maximum absolute atomic E-state index is 12.5. The molecule has 6 heteroatoms. The predicted octanol–water partition coefficient (Wildman–Crippen LogP) is 1.87. The molecule has 0 unspecified atom stereocenters. The highest BCUT2D eigenvalue weighted by Crippen LogP contribution is 2.26. The predicted molar refractivity (Wildman–Crippen MR) is 102 cm³/mol. The Morgan fingerprint density at radius 1 is 1.35 bits per heavy atom. The van der Waals surface area contributed by atoms with Crippen molar-refractivity contribution in [3.05, 3.63) is 28.8 Å². The molecule has 1 saturated heterocycles. The lowest BCUT2D eigenvalue weighted by molar-refractivity contribution is -0.139. The van der Waals surface area contributed by atoms with Gasteiger partial charge in [-0.2, -0.15) is 0 Å². The van der Waals surface area contributed by atoms with Crippen molar-refractivity contribution < 1.29 is 14.3 Å². The number of hydrogen-bond acceptors (Lipinski definition) is 4. The minimum atomic E-state index is -0.431. The first-order chi connectivity index (χ1) is 12.3. The van der Waals surface area contributed by atoms with Crippen LogP contribution >= 0.6 is 0 Å². The minimum absolute atomic E-state index is 0.00492. The van der Waals surface area contributed by atoms with Gasteiger partial charge in [0.25, 0.3) is 0 Å². The molecule has 6 nitrogen and oxygen atoms in total. The Kier molecular flexibility index (Phi) is 6.64. The van der Waals surface area contributed by atoms with Gasteiger partial charge in [-0.3, -0.25) is 14.5 Å². The topological polar surface area (TPSA) is 61.9 Å². The molecule has 2 rings (SSSR count). The zero-order valence-corrected chi connectivity index (χ0v) is 16.8. The first kappa shape index (κ1) is 20.2. The van der Waals surface area contributed by atoms with Gasteiger partial charge < -0.3 is 15.0 Å². The number of nitrogens with one attached hydrogen (secondary N) is 1. The van der Waals surface area contributed by atoms with Crippen LogP contribution in [0.3, 0.4) is 0 Å². The quantitative estimate of drug-likeness (QED) is 0.840. The number of piperazine rings is 1. The van der Waals surface area contributed by atoms with E-state index in [2.05, 4.69) is 17.1 Å². The van der Waals surface area contributed by atoms with E-state index in [0.717, 1.165) is 23.4 Å². The Balaban J connectivity index is 2.19. The number of ether oxygens (including phenoxy) is 1. The van der Waals surface area contributed by atoms with Gasteiger partial charge in [0, 0.05) is 32.7 Å². The van der Waals surface area contributed by atoms with Crippen molar-refractivity contribution in [2.24, 2.45) is 0 Å². The highest BCUT2D eigenvalue weighted by atomic mass is 16.5. The molecule has 2 amide bonds. The largest absolute Gasteiger partial charge is 0.496 e. The third-order valence-electron chi connectivity index (χ3n) is 5.42. The molecule has 1 fully saturated rings. The summed E-state index contributed by atoms with van der Waals surface area (Å²) in [6.07, 6.45) is 0.203. The number of carbonyl (C=O) groups is 2. The van der Waals surface area contributed by atoms with Gasteiger partial charge in [0.15, 0.2) is 0 Å². The molecular weight excluding hydrogens is 330 g/mol. The Morgan fingerprint density at radius 2 is 2.04 bits per heavy atom. The maximum Gasteiger partial charge on any atom is 0.237 e. The van der Waals surface area contributed by atoms with Gasteiger partial charge in [0.1, 0.15) is 5.75 Å². The lowest BCUT2D eigenvalue weighted by Gasteiger charge is -2.36. The zero-order valence-electron chi connectivity index (χ0n) is 16.8. The number of methoxy groups -OCH3 is 1. The van der Waals surface area contributed by atoms with Crippen molar-refractivity contribution in [1.82, 2.24) is 15.1 Å². The first-order valence-electron chi connectivity index (χ1n) is 9.16. The van der Waals surface area contributed by atoms with Crippen molar-refractivity contribution in [3.63, 3.8) is 0 Å². The second kappa shape index (κ2) is 8.54. The average molecular weight is 361 g/mol. The van der Waals surface area contributed by atoms with Crippen molar-refractivity contribution in [3.8, 4) is 5.75 Å². The molecule has 0 spiro atoms. The smallest absolute Gasteiger partial charge is 0.237 e. The van der Waals surface area contributed by atoms with Crippen molar-refractivity contribution in [2.45, 2.75) is 52.7 Å². The fourth-order valence-electron chi connectivity index (χ4n) is 3.23. The van der Waals surface area contributed by atoms with Crippen molar-refractivity contribution >= 4 is 11.8 Å². The number of rotatable bonds is 6. The lowest BCUT2D eigenvalue weighted by Crippen LogP contribution is -2.56. The van der Waals surface area contributed by atoms with Crippen LogP contribution in [0, 0.1) is 13.8 Å². The van der Waals surface area contributed by atoms with E-state index in [1.807, 2.05) is 32.9 Å². The van der Waals surface area contributed by atoms with Gasteiger partial charge >= 0.3 is 0 Å². The molecule has 1 atom stereocenters. The highest BCUT2D eigenvalue weighted by molar-refractivity contribution is 5.88. The van der Waals surface area contributed by atoms with Crippen LogP contribution in [0.5, 0.6) is 5.75 Å². The lowest BCUT2D eigenvalue weighted by atomic mass is 10.00. The molecule has 0 bridgehead atoms. The molecule has 0 saturated carbocycles. The van der Waals surface area contributed by atoms with Gasteiger partial charge in [0.2, 0.25) is 11.8 Å². The van der Waals surface area contributed by atoms with Crippen LogP contribution in [0.4, 0.5) is 0 Å². The molecule has 0 aromatic heterocycles. The van der Waals surface area contributed by atoms with Crippen LogP contribution in [0.25, 0.3) is 0 Å². The Morgan fingerprint density at radius 3 is 2.65 bits per heavy atom. The van der Waals surface area contributed by atoms with Crippen LogP contribution < -0.4 is 10.1 Å². The summed E-state index contributed by atoms with van der Waals surface area (Å²) >= 11 is 0. The van der Waals surface area contributed by atoms with E-state index >= 15 is 0 Å². The fraction of sp³-hybridized carbons (Fsp3) is 0.600. The Hall–Kier alpha value is -2.08. The molecule has 1 aromatic carbocycles. The van der Waals surface area contributed by atoms with E-state index in [1.165, 1.54) is 5.56 Å². The minimum Gasteiger partial charge on any atom is -0.496 e. The van der Waals surface area contributed by atoms with Crippen molar-refractivity contribution in [1.29, 1.82) is 0 Å². The van der Waals surface area contributed by atoms with E-state index in [9.17, 15) is 9.59 Å². The van der Waals surface area contributed by atoms with E-state index in [1.54, 1.807) is 19.1 Å². The summed E-state index contributed by atoms with van der Waals surface area (Å²) in [7, 11) is 3.46. The number of hydrogen-bond donors (Lipinski definition) is 1. The molecular formula is C20H31N3O3. The number of nitrogens with zero attached hydrogens (tertiary/aromatic N) is 2. The summed E-state index contributed by atoms with van der Waals surface area (Å²) in [5.41, 5.74) is 3.44. The monoisotopic (exact) mass is 361 g/mol. The third kappa shape index (κ3) is 4.36. The van der Waals surface area contributed by atoms with Crippen molar-refractivity contribution in [2.75, 3.05) is 27.2 Å². The van der Waals surface area contributed by atoms with E-state index in [4.69, 9.17) is 4.74 Å². The summed E-state index contributed by atoms with van der Waals surface area (Å²) in [4.78, 5) is 28.7. The van der Waals surface area contributed by atoms with E-state index in [-0.39, 0.29) is 24.3 Å². The summed E-state index contributed by atoms with van der Waals surface area (Å²) in [5, 5.41) is 2.89. The molecule has 1 aliphatic rings. The molecule has 144 valence electrons. The van der Waals surface area contributed by atoms with Crippen LogP contribution in [-0.4, -0.2) is 60.9 Å². The second-order valence-corrected chi connectivity index (χ2v) is 7.26. The summed E-state index contributed by atoms with van der Waals surface area (Å²) in [6.45, 7) is 10.0. The van der Waals surface area contributed by atoms with E-state index in [0.29, 0.717) is 13.1 Å². The number of carbonyl (C=O) groups excluding carboxylic acids is 2. The van der Waals surface area contributed by atoms with Crippen LogP contribution in [0.2, 0.25) is 0 Å². The molecule has 26 heavy (non-hydrogen) atoms. The first-order valence-corrected chi connectivity index (χ1v) is 9.16. The van der Waals surface area contributed by atoms with Crippen LogP contribution in [0.1, 0.15) is 37.0 Å². The highest BCUT2D eigenvalue weighted by Gasteiger charge is 2.33. The van der Waals surface area contributed by atoms with Gasteiger partial charge in [-0.25, -0.2) is 0 Å². The standard InChI is InChI=1S/C20H31N3O3/c1-13(2)22(5)19(24)11-17-20(25)21-9-10-23(17)12-16-7-8-18(26-6)15(4)14(16)3/h7-8,13,17H,9-12H2,1-6H3,(H,21,25)/t17-/m1/s1. The summed E-state index contributed by atoms with van der Waals surface area (Å²) < 4.78 is 5.38. The SMILES string of the molecule is COc1ccc(CN2CCNC(=O)[C@H]2CC(=O)N(C)C(C)C)c(C)c1C. The molecule has 1 aromatic rings. The summed E-state index contributed by atoms with van der Waals surface area (Å²) in [6, 6.07) is 3.70. The normalized spacial score (nSPS) is 18.0. The molecule has 0 aliphatic carbocycles. The van der Waals surface area contributed by atoms with E-state index < -0.39 is 6.04 Å². The molecule has 0 radical (unpaired) electrons. The van der Waals surface area contributed by atoms with Gasteiger partial charge in [0.05, 0.1) is 19.6 Å². The maximum atomic E-state index is 12.5. The van der Waals surface area contributed by atoms with Gasteiger partial charge in [-0.15, -0.1) is 0 Å². The van der Waals surface area contributed by atoms with Crippen LogP contribution in [-0.2, 0) is 16.1 Å². The van der Waals surface area contributed by atoms with Gasteiger partial charge in [-0.1, -0.05) is 6.07 Å². The second-order valence-electron chi connectivity index (χ2n) is 7.26. The number of amides is 2. The Bertz CT molecular complexity index is 673.